The third-order valence-corrected chi connectivity index (χ3v) is 2.88. The van der Waals surface area contributed by atoms with Crippen LogP contribution in [0.1, 0.15) is 23.8 Å². The van der Waals surface area contributed by atoms with Gasteiger partial charge in [-0.1, -0.05) is 17.0 Å². The van der Waals surface area contributed by atoms with Crippen molar-refractivity contribution in [1.29, 1.82) is 0 Å². The number of para-hydroxylation sites is 1. The molecule has 0 spiro atoms. The first kappa shape index (κ1) is 13.9. The molecule has 1 aromatic heterocycles. The molecule has 0 radical (unpaired) electrons. The molecule has 106 valence electrons. The molecule has 7 nitrogen and oxygen atoms in total. The summed E-state index contributed by atoms with van der Waals surface area (Å²) in [7, 11) is 0. The summed E-state index contributed by atoms with van der Waals surface area (Å²) in [5, 5.41) is 12.7. The molecule has 1 heterocycles. The Bertz CT molecular complexity index is 663. The maximum atomic E-state index is 12.2. The zero-order valence-electron chi connectivity index (χ0n) is 11.0. The van der Waals surface area contributed by atoms with Gasteiger partial charge in [0, 0.05) is 12.5 Å². The number of amides is 1. The molecule has 0 atom stereocenters. The second kappa shape index (κ2) is 5.60. The van der Waals surface area contributed by atoms with Gasteiger partial charge >= 0.3 is 5.97 Å². The molecule has 7 heteroatoms. The molecule has 2 rings (SSSR count). The SMILES string of the molecule is CCOC(=O)c1c2ccccc2[n+]([O-])n1CCC(N)=O. The van der Waals surface area contributed by atoms with Crippen LogP contribution in [0.25, 0.3) is 10.9 Å². The van der Waals surface area contributed by atoms with Crippen molar-refractivity contribution in [2.45, 2.75) is 19.9 Å². The molecule has 1 aromatic carbocycles. The third kappa shape index (κ3) is 2.42. The number of benzene rings is 1. The molecule has 20 heavy (non-hydrogen) atoms. The van der Waals surface area contributed by atoms with E-state index in [4.69, 9.17) is 10.5 Å². The summed E-state index contributed by atoms with van der Waals surface area (Å²) in [5.41, 5.74) is 5.57. The molecule has 0 saturated heterocycles. The minimum absolute atomic E-state index is 0.0294. The van der Waals surface area contributed by atoms with Crippen LogP contribution in [0.2, 0.25) is 0 Å². The van der Waals surface area contributed by atoms with Crippen molar-refractivity contribution >= 4 is 22.8 Å². The Morgan fingerprint density at radius 2 is 2.10 bits per heavy atom. The normalized spacial score (nSPS) is 10.7. The molecule has 1 amide bonds. The van der Waals surface area contributed by atoms with E-state index in [0.717, 1.165) is 0 Å². The van der Waals surface area contributed by atoms with Crippen molar-refractivity contribution in [3.05, 3.63) is 35.2 Å². The van der Waals surface area contributed by atoms with Crippen LogP contribution in [-0.4, -0.2) is 23.2 Å². The monoisotopic (exact) mass is 277 g/mol. The number of fused-ring (bicyclic) bond motifs is 1. The van der Waals surface area contributed by atoms with Gasteiger partial charge in [-0.15, -0.1) is 4.68 Å². The fraction of sp³-hybridized carbons (Fsp3) is 0.308. The average molecular weight is 277 g/mol. The topological polar surface area (TPSA) is 101 Å². The molecular formula is C13H15N3O4. The van der Waals surface area contributed by atoms with Crippen molar-refractivity contribution in [2.75, 3.05) is 6.61 Å². The highest BCUT2D eigenvalue weighted by Crippen LogP contribution is 2.18. The lowest BCUT2D eigenvalue weighted by molar-refractivity contribution is -0.670. The summed E-state index contributed by atoms with van der Waals surface area (Å²) >= 11 is 0. The van der Waals surface area contributed by atoms with Crippen LogP contribution >= 0.6 is 0 Å². The van der Waals surface area contributed by atoms with Crippen molar-refractivity contribution in [3.8, 4) is 0 Å². The van der Waals surface area contributed by atoms with Gasteiger partial charge in [-0.05, 0) is 13.0 Å². The molecule has 0 fully saturated rings. The van der Waals surface area contributed by atoms with Gasteiger partial charge < -0.3 is 15.7 Å². The predicted molar refractivity (Wildman–Crippen MR) is 70.7 cm³/mol. The zero-order valence-corrected chi connectivity index (χ0v) is 11.0. The number of hydrogen-bond acceptors (Lipinski definition) is 4. The fourth-order valence-corrected chi connectivity index (χ4v) is 2.03. The molecule has 0 aliphatic heterocycles. The zero-order chi connectivity index (χ0) is 14.7. The summed E-state index contributed by atoms with van der Waals surface area (Å²) < 4.78 is 6.14. The van der Waals surface area contributed by atoms with Gasteiger partial charge in [0.1, 0.15) is 0 Å². The smallest absolute Gasteiger partial charge is 0.361 e. The van der Waals surface area contributed by atoms with Crippen molar-refractivity contribution in [3.63, 3.8) is 0 Å². The van der Waals surface area contributed by atoms with Crippen LogP contribution in [0.5, 0.6) is 0 Å². The predicted octanol–water partition coefficient (Wildman–Crippen LogP) is 0.327. The van der Waals surface area contributed by atoms with E-state index in [1.54, 1.807) is 31.2 Å². The largest absolute Gasteiger partial charge is 0.595 e. The van der Waals surface area contributed by atoms with E-state index in [-0.39, 0.29) is 25.3 Å². The van der Waals surface area contributed by atoms with E-state index in [9.17, 15) is 14.8 Å². The van der Waals surface area contributed by atoms with Crippen LogP contribution in [0.4, 0.5) is 0 Å². The number of aromatic nitrogens is 2. The number of rotatable bonds is 5. The number of nitrogens with two attached hydrogens (primary N) is 1. The van der Waals surface area contributed by atoms with Crippen LogP contribution in [0, 0.1) is 5.21 Å². The number of carbonyl (C=O) groups is 2. The van der Waals surface area contributed by atoms with E-state index < -0.39 is 11.9 Å². The molecule has 0 aliphatic rings. The Morgan fingerprint density at radius 3 is 2.75 bits per heavy atom. The van der Waals surface area contributed by atoms with Crippen LogP contribution < -0.4 is 10.6 Å². The maximum Gasteiger partial charge on any atom is 0.361 e. The number of primary amides is 1. The lowest BCUT2D eigenvalue weighted by Crippen LogP contribution is -2.40. The van der Waals surface area contributed by atoms with Crippen LogP contribution in [-0.2, 0) is 16.1 Å². The van der Waals surface area contributed by atoms with Gasteiger partial charge in [0.15, 0.2) is 5.69 Å². The van der Waals surface area contributed by atoms with E-state index >= 15 is 0 Å². The van der Waals surface area contributed by atoms with E-state index in [1.807, 2.05) is 0 Å². The van der Waals surface area contributed by atoms with Gasteiger partial charge in [-0.3, -0.25) is 4.79 Å². The second-order valence-corrected chi connectivity index (χ2v) is 4.20. The molecule has 0 aliphatic carbocycles. The van der Waals surface area contributed by atoms with Gasteiger partial charge in [0.25, 0.3) is 5.52 Å². The van der Waals surface area contributed by atoms with Gasteiger partial charge in [-0.25, -0.2) is 4.79 Å². The van der Waals surface area contributed by atoms with E-state index in [1.165, 1.54) is 4.68 Å². The minimum atomic E-state index is -0.595. The second-order valence-electron chi connectivity index (χ2n) is 4.20. The molecule has 0 unspecified atom stereocenters. The Balaban J connectivity index is 2.57. The highest BCUT2D eigenvalue weighted by Gasteiger charge is 2.26. The van der Waals surface area contributed by atoms with Gasteiger partial charge in [-0.2, -0.15) is 0 Å². The molecule has 2 N–H and O–H groups in total. The number of esters is 1. The van der Waals surface area contributed by atoms with E-state index in [2.05, 4.69) is 0 Å². The average Bonchev–Trinajstić information content (AvgIpc) is 2.70. The molecule has 0 bridgehead atoms. The number of carbonyl (C=O) groups excluding carboxylic acids is 2. The van der Waals surface area contributed by atoms with E-state index in [0.29, 0.717) is 15.7 Å². The quantitative estimate of drug-likeness (QED) is 0.483. The number of ether oxygens (including phenoxy) is 1. The molecule has 2 aromatic rings. The van der Waals surface area contributed by atoms with Crippen molar-refractivity contribution < 1.29 is 19.2 Å². The highest BCUT2D eigenvalue weighted by atomic mass is 16.5. The summed E-state index contributed by atoms with van der Waals surface area (Å²) in [6.07, 6.45) is -0.0321. The highest BCUT2D eigenvalue weighted by molar-refractivity contribution is 6.01. The first-order valence-electron chi connectivity index (χ1n) is 6.22. The summed E-state index contributed by atoms with van der Waals surface area (Å²) in [5.74, 6) is -1.14. The molecule has 0 saturated carbocycles. The van der Waals surface area contributed by atoms with Crippen molar-refractivity contribution in [2.24, 2.45) is 5.73 Å². The lowest BCUT2D eigenvalue weighted by Gasteiger charge is -2.06. The first-order valence-corrected chi connectivity index (χ1v) is 6.22. The standard InChI is InChI=1S/C13H15N3O4/c1-2-20-13(18)12-9-5-3-4-6-10(9)16(19)15(12)8-7-11(14)17/h3-6H,2,7-8H2,1H3,(H2,14,17). The minimum Gasteiger partial charge on any atom is -0.595 e. The number of hydrogen-bond donors (Lipinski definition) is 1. The van der Waals surface area contributed by atoms with Crippen LogP contribution in [0.15, 0.2) is 24.3 Å². The Hall–Kier alpha value is -2.57. The Labute approximate surface area is 115 Å². The summed E-state index contributed by atoms with van der Waals surface area (Å²) in [6, 6.07) is 6.69. The van der Waals surface area contributed by atoms with Gasteiger partial charge in [0.05, 0.1) is 18.5 Å². The fourth-order valence-electron chi connectivity index (χ4n) is 2.03. The summed E-state index contributed by atoms with van der Waals surface area (Å²) in [6.45, 7) is 1.91. The maximum absolute atomic E-state index is 12.2. The number of nitrogens with zero attached hydrogens (tertiary/aromatic N) is 2. The summed E-state index contributed by atoms with van der Waals surface area (Å²) in [4.78, 5) is 23.5. The lowest BCUT2D eigenvalue weighted by atomic mass is 10.2. The van der Waals surface area contributed by atoms with Gasteiger partial charge in [0.2, 0.25) is 5.91 Å². The Morgan fingerprint density at radius 1 is 1.40 bits per heavy atom. The first-order chi connectivity index (χ1) is 9.56. The Kier molecular flexibility index (Phi) is 3.88. The van der Waals surface area contributed by atoms with Crippen LogP contribution in [0.3, 0.4) is 0 Å². The molecular weight excluding hydrogens is 262 g/mol. The van der Waals surface area contributed by atoms with Crippen molar-refractivity contribution in [1.82, 2.24) is 4.68 Å². The third-order valence-electron chi connectivity index (χ3n) is 2.88.